The van der Waals surface area contributed by atoms with Crippen LogP contribution in [0.4, 0.5) is 13.6 Å². The number of hydrogen-bond donors (Lipinski definition) is 2. The van der Waals surface area contributed by atoms with Crippen LogP contribution in [0, 0.1) is 11.6 Å². The Labute approximate surface area is 220 Å². The van der Waals surface area contributed by atoms with E-state index in [1.165, 1.54) is 16.8 Å². The van der Waals surface area contributed by atoms with Crippen LogP contribution in [0.15, 0.2) is 29.2 Å². The average molecular weight is 548 g/mol. The zero-order chi connectivity index (χ0) is 27.7. The Kier molecular flexibility index (Phi) is 7.48. The summed E-state index contributed by atoms with van der Waals surface area (Å²) in [6.07, 6.45) is 1.78. The third kappa shape index (κ3) is 5.16. The van der Waals surface area contributed by atoms with Crippen LogP contribution >= 0.6 is 0 Å². The maximum absolute atomic E-state index is 14.0. The number of rotatable bonds is 8. The van der Waals surface area contributed by atoms with E-state index in [2.05, 4.69) is 15.0 Å². The van der Waals surface area contributed by atoms with Crippen molar-refractivity contribution in [1.82, 2.24) is 19.7 Å². The van der Waals surface area contributed by atoms with Gasteiger partial charge in [0, 0.05) is 43.5 Å². The van der Waals surface area contributed by atoms with E-state index >= 15 is 0 Å². The lowest BCUT2D eigenvalue weighted by Crippen LogP contribution is -2.50. The molecular weight excluding hydrogens is 522 g/mol. The molecule has 12 nitrogen and oxygen atoms in total. The number of nitrogens with zero attached hydrogens (tertiary/aromatic N) is 3. The van der Waals surface area contributed by atoms with Crippen molar-refractivity contribution in [2.75, 3.05) is 33.1 Å². The van der Waals surface area contributed by atoms with Gasteiger partial charge in [-0.2, -0.15) is 0 Å². The largest absolute Gasteiger partial charge is 0.511 e. The van der Waals surface area contributed by atoms with E-state index in [9.17, 15) is 28.0 Å². The van der Waals surface area contributed by atoms with Gasteiger partial charge in [0.2, 0.25) is 18.0 Å². The highest BCUT2D eigenvalue weighted by Crippen LogP contribution is 2.35. The summed E-state index contributed by atoms with van der Waals surface area (Å²) in [5, 5.41) is 11.2. The van der Waals surface area contributed by atoms with Crippen LogP contribution < -0.4 is 15.5 Å². The minimum atomic E-state index is -1.17. The van der Waals surface area contributed by atoms with Crippen LogP contribution in [0.25, 0.3) is 0 Å². The van der Waals surface area contributed by atoms with Gasteiger partial charge in [0.05, 0.1) is 13.2 Å². The van der Waals surface area contributed by atoms with E-state index in [1.807, 2.05) is 0 Å². The molecule has 1 aromatic heterocycles. The Morgan fingerprint density at radius 2 is 1.97 bits per heavy atom. The fourth-order valence-corrected chi connectivity index (χ4v) is 5.25. The molecule has 0 spiro atoms. The van der Waals surface area contributed by atoms with Crippen molar-refractivity contribution in [3.05, 3.63) is 63.1 Å². The molecule has 2 N–H and O–H groups in total. The molecule has 208 valence electrons. The minimum absolute atomic E-state index is 0.00549. The summed E-state index contributed by atoms with van der Waals surface area (Å²) in [6, 6.07) is 3.09. The van der Waals surface area contributed by atoms with Crippen LogP contribution in [-0.2, 0) is 22.6 Å². The third-order valence-electron chi connectivity index (χ3n) is 7.02. The molecule has 5 rings (SSSR count). The molecular formula is C25H26F2N4O8. The number of carbonyl (C=O) groups is 3. The first-order valence-electron chi connectivity index (χ1n) is 12.4. The zero-order valence-electron chi connectivity index (χ0n) is 20.7. The number of aliphatic hydroxyl groups excluding tert-OH is 1. The summed E-state index contributed by atoms with van der Waals surface area (Å²) < 4.78 is 43.5. The van der Waals surface area contributed by atoms with E-state index in [1.54, 1.807) is 4.90 Å². The molecule has 2 aromatic rings. The lowest BCUT2D eigenvalue weighted by Gasteiger charge is -2.36. The quantitative estimate of drug-likeness (QED) is 0.362. The zero-order valence-corrected chi connectivity index (χ0v) is 20.7. The number of fused-ring (bicyclic) bond motifs is 4. The standard InChI is InChI=1S/C25H26F2N4O8/c26-15-4-3-14(18(27)8-15)9-28-23(34)17-11-29-12-19-30-5-1-2-16(30)10-31(19)24(35)20(29)22(21(17)33)38-13-39-25(36)37-7-6-32/h3-4,8,11,16,19,32H,1-2,5-7,9-10,12-13H2,(H,28,34)/t16?,19-/m0/s1. The Morgan fingerprint density at radius 3 is 2.74 bits per heavy atom. The fraction of sp³-hybridized carbons (Fsp3) is 0.440. The summed E-state index contributed by atoms with van der Waals surface area (Å²) in [6.45, 7) is -0.288. The second kappa shape index (κ2) is 11.0. The summed E-state index contributed by atoms with van der Waals surface area (Å²) in [7, 11) is 0. The Hall–Kier alpha value is -4.04. The number of aromatic nitrogens is 1. The highest BCUT2D eigenvalue weighted by atomic mass is 19.1. The van der Waals surface area contributed by atoms with Gasteiger partial charge in [-0.1, -0.05) is 6.07 Å². The topological polar surface area (TPSA) is 140 Å². The summed E-state index contributed by atoms with van der Waals surface area (Å²) >= 11 is 0. The number of nitrogens with one attached hydrogen (secondary N) is 1. The highest BCUT2D eigenvalue weighted by molar-refractivity contribution is 5.99. The molecule has 0 bridgehead atoms. The molecule has 39 heavy (non-hydrogen) atoms. The number of pyridine rings is 1. The number of hydrogen-bond acceptors (Lipinski definition) is 9. The third-order valence-corrected chi connectivity index (χ3v) is 7.02. The van der Waals surface area contributed by atoms with Gasteiger partial charge in [-0.15, -0.1) is 0 Å². The normalized spacial score (nSPS) is 19.8. The number of amides is 2. The lowest BCUT2D eigenvalue weighted by molar-refractivity contribution is -0.00254. The van der Waals surface area contributed by atoms with Gasteiger partial charge >= 0.3 is 6.16 Å². The second-order valence-electron chi connectivity index (χ2n) is 9.32. The van der Waals surface area contributed by atoms with Crippen molar-refractivity contribution in [2.24, 2.45) is 0 Å². The predicted octanol–water partition coefficient (Wildman–Crippen LogP) is 0.798. The first kappa shape index (κ1) is 26.6. The van der Waals surface area contributed by atoms with Crippen LogP contribution in [0.3, 0.4) is 0 Å². The molecule has 2 atom stereocenters. The molecule has 2 fully saturated rings. The number of benzene rings is 1. The maximum Gasteiger partial charge on any atom is 0.511 e. The van der Waals surface area contributed by atoms with Crippen molar-refractivity contribution in [2.45, 2.75) is 38.1 Å². The van der Waals surface area contributed by atoms with Gasteiger partial charge in [-0.05, 0) is 18.9 Å². The van der Waals surface area contributed by atoms with Gasteiger partial charge < -0.3 is 34.1 Å². The smallest absolute Gasteiger partial charge is 0.451 e. The van der Waals surface area contributed by atoms with Gasteiger partial charge in [-0.3, -0.25) is 19.3 Å². The molecule has 0 radical (unpaired) electrons. The Morgan fingerprint density at radius 1 is 1.15 bits per heavy atom. The van der Waals surface area contributed by atoms with E-state index in [4.69, 9.17) is 14.6 Å². The number of halogens is 2. The first-order valence-corrected chi connectivity index (χ1v) is 12.4. The van der Waals surface area contributed by atoms with Crippen LogP contribution in [0.2, 0.25) is 0 Å². The van der Waals surface area contributed by atoms with E-state index in [0.717, 1.165) is 25.5 Å². The molecule has 0 saturated carbocycles. The maximum atomic E-state index is 14.0. The monoisotopic (exact) mass is 548 g/mol. The van der Waals surface area contributed by atoms with E-state index < -0.39 is 54.2 Å². The van der Waals surface area contributed by atoms with Crippen molar-refractivity contribution >= 4 is 18.0 Å². The van der Waals surface area contributed by atoms with Crippen LogP contribution in [-0.4, -0.2) is 82.7 Å². The molecule has 4 heterocycles. The van der Waals surface area contributed by atoms with Crippen molar-refractivity contribution in [3.8, 4) is 5.75 Å². The first-order chi connectivity index (χ1) is 18.8. The molecule has 0 aliphatic carbocycles. The molecule has 1 unspecified atom stereocenters. The van der Waals surface area contributed by atoms with E-state index in [-0.39, 0.29) is 48.7 Å². The van der Waals surface area contributed by atoms with Crippen molar-refractivity contribution in [1.29, 1.82) is 0 Å². The van der Waals surface area contributed by atoms with Gasteiger partial charge in [0.15, 0.2) is 5.69 Å². The summed E-state index contributed by atoms with van der Waals surface area (Å²) in [5.41, 5.74) is -1.40. The second-order valence-corrected chi connectivity index (χ2v) is 9.32. The molecule has 2 saturated heterocycles. The molecule has 14 heteroatoms. The van der Waals surface area contributed by atoms with Crippen LogP contribution in [0.5, 0.6) is 5.75 Å². The number of aliphatic hydroxyl groups is 1. The lowest BCUT2D eigenvalue weighted by atomic mass is 10.1. The molecule has 1 aromatic carbocycles. The van der Waals surface area contributed by atoms with Crippen LogP contribution in [0.1, 0.15) is 39.3 Å². The number of ether oxygens (including phenoxy) is 3. The van der Waals surface area contributed by atoms with Crippen molar-refractivity contribution in [3.63, 3.8) is 0 Å². The minimum Gasteiger partial charge on any atom is -0.451 e. The number of carbonyl (C=O) groups excluding carboxylic acids is 3. The van der Waals surface area contributed by atoms with E-state index in [0.29, 0.717) is 12.6 Å². The Bertz CT molecular complexity index is 1370. The highest BCUT2D eigenvalue weighted by Gasteiger charge is 2.48. The molecule has 3 aliphatic heterocycles. The SMILES string of the molecule is O=C(OCCO)OCOc1c2n(cc(C(=O)NCc3ccc(F)cc3F)c1=O)C[C@@H]1N(CC3CCCN31)C2=O. The Balaban J connectivity index is 1.43. The predicted molar refractivity (Wildman–Crippen MR) is 128 cm³/mol. The summed E-state index contributed by atoms with van der Waals surface area (Å²) in [4.78, 5) is 55.4. The molecule has 3 aliphatic rings. The van der Waals surface area contributed by atoms with Gasteiger partial charge in [0.1, 0.15) is 30.0 Å². The average Bonchev–Trinajstić information content (AvgIpc) is 3.50. The fourth-order valence-electron chi connectivity index (χ4n) is 5.25. The van der Waals surface area contributed by atoms with Gasteiger partial charge in [-0.25, -0.2) is 13.6 Å². The molecule has 2 amide bonds. The summed E-state index contributed by atoms with van der Waals surface area (Å²) in [5.74, 6) is -3.45. The van der Waals surface area contributed by atoms with Gasteiger partial charge in [0.25, 0.3) is 11.8 Å². The van der Waals surface area contributed by atoms with Crippen molar-refractivity contribution < 1.29 is 42.5 Å².